The molecule has 0 bridgehead atoms. The van der Waals surface area contributed by atoms with Crippen molar-refractivity contribution in [3.05, 3.63) is 40.6 Å². The van der Waals surface area contributed by atoms with Crippen molar-refractivity contribution in [3.8, 4) is 11.5 Å². The molecule has 0 unspecified atom stereocenters. The Balaban J connectivity index is 1.80. The molecule has 0 radical (unpaired) electrons. The third-order valence-corrected chi connectivity index (χ3v) is 3.75. The van der Waals surface area contributed by atoms with E-state index in [1.165, 1.54) is 28.9 Å². The molecule has 6 nitrogen and oxygen atoms in total. The molecule has 1 aliphatic rings. The van der Waals surface area contributed by atoms with Crippen LogP contribution in [0.4, 0.5) is 4.39 Å². The van der Waals surface area contributed by atoms with Gasteiger partial charge in [-0.05, 0) is 38.1 Å². The molecule has 0 aliphatic carbocycles. The lowest BCUT2D eigenvalue weighted by molar-refractivity contribution is -0.0629. The van der Waals surface area contributed by atoms with E-state index in [2.05, 4.69) is 10.00 Å². The summed E-state index contributed by atoms with van der Waals surface area (Å²) in [6.45, 7) is 5.73. The number of halogens is 1. The van der Waals surface area contributed by atoms with Crippen LogP contribution >= 0.6 is 0 Å². The Morgan fingerprint density at radius 1 is 1.32 bits per heavy atom. The SMILES string of the molecule is C[C@H]1CN(Cn2nc(-c3ccc(F)cc3)oc2=O)[C@@H](C)CO1. The number of aromatic nitrogens is 2. The highest BCUT2D eigenvalue weighted by molar-refractivity contribution is 5.51. The van der Waals surface area contributed by atoms with Crippen molar-refractivity contribution in [2.45, 2.75) is 32.7 Å². The standard InChI is InChI=1S/C15H18FN3O3/c1-10-8-21-11(2)7-18(10)9-19-15(20)22-14(17-19)12-3-5-13(16)6-4-12/h3-6,10-11H,7-9H2,1-2H3/t10-,11-/m0/s1. The highest BCUT2D eigenvalue weighted by Crippen LogP contribution is 2.16. The zero-order valence-corrected chi connectivity index (χ0v) is 12.5. The molecule has 2 aromatic rings. The van der Waals surface area contributed by atoms with E-state index < -0.39 is 5.76 Å². The maximum Gasteiger partial charge on any atom is 0.438 e. The number of rotatable bonds is 3. The lowest BCUT2D eigenvalue weighted by Gasteiger charge is -2.36. The Labute approximate surface area is 127 Å². The highest BCUT2D eigenvalue weighted by atomic mass is 19.1. The summed E-state index contributed by atoms with van der Waals surface area (Å²) in [5.74, 6) is -0.675. The van der Waals surface area contributed by atoms with Gasteiger partial charge in [0, 0.05) is 18.2 Å². The largest absolute Gasteiger partial charge is 0.438 e. The molecule has 118 valence electrons. The van der Waals surface area contributed by atoms with Crippen molar-refractivity contribution < 1.29 is 13.5 Å². The maximum absolute atomic E-state index is 12.9. The van der Waals surface area contributed by atoms with Crippen LogP contribution in [0.1, 0.15) is 13.8 Å². The lowest BCUT2D eigenvalue weighted by atomic mass is 10.2. The van der Waals surface area contributed by atoms with Crippen LogP contribution in [0.25, 0.3) is 11.5 Å². The fourth-order valence-electron chi connectivity index (χ4n) is 2.45. The molecule has 0 spiro atoms. The van der Waals surface area contributed by atoms with Gasteiger partial charge in [-0.15, -0.1) is 5.10 Å². The molecular formula is C15H18FN3O3. The van der Waals surface area contributed by atoms with E-state index in [1.807, 2.05) is 13.8 Å². The highest BCUT2D eigenvalue weighted by Gasteiger charge is 2.25. The first-order valence-electron chi connectivity index (χ1n) is 7.22. The molecule has 1 aromatic carbocycles. The van der Waals surface area contributed by atoms with Crippen LogP contribution in [0.15, 0.2) is 33.5 Å². The van der Waals surface area contributed by atoms with Crippen LogP contribution in [-0.2, 0) is 11.4 Å². The van der Waals surface area contributed by atoms with Crippen LogP contribution in [-0.4, -0.2) is 40.0 Å². The smallest absolute Gasteiger partial charge is 0.388 e. The number of hydrogen-bond acceptors (Lipinski definition) is 5. The average Bonchev–Trinajstić information content (AvgIpc) is 2.85. The Hall–Kier alpha value is -1.99. The van der Waals surface area contributed by atoms with Crippen LogP contribution in [0.3, 0.4) is 0 Å². The fraction of sp³-hybridized carbons (Fsp3) is 0.467. The molecule has 1 aromatic heterocycles. The first-order chi connectivity index (χ1) is 10.5. The van der Waals surface area contributed by atoms with E-state index in [1.54, 1.807) is 0 Å². The number of ether oxygens (including phenoxy) is 1. The summed E-state index contributed by atoms with van der Waals surface area (Å²) in [4.78, 5) is 14.1. The van der Waals surface area contributed by atoms with E-state index in [4.69, 9.17) is 9.15 Å². The van der Waals surface area contributed by atoms with Gasteiger partial charge in [0.1, 0.15) is 12.5 Å². The summed E-state index contributed by atoms with van der Waals surface area (Å²) in [5, 5.41) is 4.20. The van der Waals surface area contributed by atoms with Gasteiger partial charge in [-0.25, -0.2) is 9.18 Å². The van der Waals surface area contributed by atoms with E-state index in [9.17, 15) is 9.18 Å². The first-order valence-corrected chi connectivity index (χ1v) is 7.22. The molecule has 0 saturated carbocycles. The molecule has 3 rings (SSSR count). The van der Waals surface area contributed by atoms with E-state index in [0.717, 1.165) is 6.54 Å². The topological polar surface area (TPSA) is 60.5 Å². The van der Waals surface area contributed by atoms with Crippen LogP contribution < -0.4 is 5.76 Å². The van der Waals surface area contributed by atoms with Crippen molar-refractivity contribution in [1.29, 1.82) is 0 Å². The Morgan fingerprint density at radius 3 is 2.77 bits per heavy atom. The average molecular weight is 307 g/mol. The predicted octanol–water partition coefficient (Wildman–Crippen LogP) is 1.71. The first kappa shape index (κ1) is 14.9. The van der Waals surface area contributed by atoms with Gasteiger partial charge >= 0.3 is 5.76 Å². The van der Waals surface area contributed by atoms with Crippen LogP contribution in [0.5, 0.6) is 0 Å². The van der Waals surface area contributed by atoms with Gasteiger partial charge in [0.05, 0.1) is 12.7 Å². The monoisotopic (exact) mass is 307 g/mol. The summed E-state index contributed by atoms with van der Waals surface area (Å²) in [5.41, 5.74) is 0.570. The molecule has 2 heterocycles. The Bertz CT molecular complexity index is 695. The van der Waals surface area contributed by atoms with E-state index >= 15 is 0 Å². The van der Waals surface area contributed by atoms with Crippen molar-refractivity contribution in [2.75, 3.05) is 13.2 Å². The molecule has 0 amide bonds. The zero-order valence-electron chi connectivity index (χ0n) is 12.5. The third-order valence-electron chi connectivity index (χ3n) is 3.75. The minimum Gasteiger partial charge on any atom is -0.388 e. The maximum atomic E-state index is 12.9. The number of hydrogen-bond donors (Lipinski definition) is 0. The molecule has 1 aliphatic heterocycles. The van der Waals surface area contributed by atoms with Crippen LogP contribution in [0, 0.1) is 5.82 Å². The third kappa shape index (κ3) is 3.10. The van der Waals surface area contributed by atoms with Crippen molar-refractivity contribution in [2.24, 2.45) is 0 Å². The lowest BCUT2D eigenvalue weighted by Crippen LogP contribution is -2.48. The Kier molecular flexibility index (Phi) is 4.08. The molecule has 2 atom stereocenters. The van der Waals surface area contributed by atoms with Gasteiger partial charge in [-0.2, -0.15) is 4.68 Å². The normalized spacial score (nSPS) is 22.9. The summed E-state index contributed by atoms with van der Waals surface area (Å²) >= 11 is 0. The van der Waals surface area contributed by atoms with Crippen molar-refractivity contribution in [1.82, 2.24) is 14.7 Å². The second-order valence-electron chi connectivity index (χ2n) is 5.59. The fourth-order valence-corrected chi connectivity index (χ4v) is 2.45. The molecule has 0 N–H and O–H groups in total. The summed E-state index contributed by atoms with van der Waals surface area (Å²) in [6, 6.07) is 5.88. The second-order valence-corrected chi connectivity index (χ2v) is 5.59. The number of nitrogens with zero attached hydrogens (tertiary/aromatic N) is 3. The molecule has 22 heavy (non-hydrogen) atoms. The second kappa shape index (κ2) is 6.02. The Morgan fingerprint density at radius 2 is 2.05 bits per heavy atom. The van der Waals surface area contributed by atoms with E-state index in [-0.39, 0.29) is 23.9 Å². The number of morpholine rings is 1. The van der Waals surface area contributed by atoms with E-state index in [0.29, 0.717) is 18.8 Å². The molecule has 1 saturated heterocycles. The molecule has 1 fully saturated rings. The van der Waals surface area contributed by atoms with Gasteiger partial charge in [0.2, 0.25) is 5.89 Å². The molecule has 7 heteroatoms. The van der Waals surface area contributed by atoms with Gasteiger partial charge in [0.25, 0.3) is 0 Å². The quantitative estimate of drug-likeness (QED) is 0.864. The van der Waals surface area contributed by atoms with Gasteiger partial charge in [-0.3, -0.25) is 4.90 Å². The number of benzene rings is 1. The minimum absolute atomic E-state index is 0.121. The van der Waals surface area contributed by atoms with Crippen molar-refractivity contribution in [3.63, 3.8) is 0 Å². The zero-order chi connectivity index (χ0) is 15.7. The molecular weight excluding hydrogens is 289 g/mol. The van der Waals surface area contributed by atoms with Crippen LogP contribution in [0.2, 0.25) is 0 Å². The van der Waals surface area contributed by atoms with Crippen molar-refractivity contribution >= 4 is 0 Å². The summed E-state index contributed by atoms with van der Waals surface area (Å²) < 4.78 is 24.9. The minimum atomic E-state index is -0.523. The predicted molar refractivity (Wildman–Crippen MR) is 77.7 cm³/mol. The summed E-state index contributed by atoms with van der Waals surface area (Å²) in [7, 11) is 0. The van der Waals surface area contributed by atoms with Gasteiger partial charge < -0.3 is 9.15 Å². The van der Waals surface area contributed by atoms with Gasteiger partial charge in [0.15, 0.2) is 0 Å². The van der Waals surface area contributed by atoms with Gasteiger partial charge in [-0.1, -0.05) is 0 Å². The summed E-state index contributed by atoms with van der Waals surface area (Å²) in [6.07, 6.45) is 0.121.